The van der Waals surface area contributed by atoms with E-state index in [-0.39, 0.29) is 12.4 Å². The second-order valence-corrected chi connectivity index (χ2v) is 6.56. The highest BCUT2D eigenvalue weighted by Gasteiger charge is 2.34. The van der Waals surface area contributed by atoms with Crippen molar-refractivity contribution in [2.24, 2.45) is 5.92 Å². The Kier molecular flexibility index (Phi) is 6.27. The minimum atomic E-state index is 0. The van der Waals surface area contributed by atoms with E-state index >= 15 is 0 Å². The van der Waals surface area contributed by atoms with Crippen LogP contribution in [0.2, 0.25) is 0 Å². The number of rotatable bonds is 4. The number of nitrogens with zero attached hydrogens (tertiary/aromatic N) is 1. The van der Waals surface area contributed by atoms with E-state index in [1.54, 1.807) is 0 Å². The Morgan fingerprint density at radius 2 is 2.05 bits per heavy atom. The molecule has 1 amide bonds. The Hall–Kier alpha value is -1.06. The van der Waals surface area contributed by atoms with Crippen LogP contribution in [0.25, 0.3) is 0 Å². The fourth-order valence-corrected chi connectivity index (χ4v) is 3.80. The topological polar surface area (TPSA) is 32.3 Å². The van der Waals surface area contributed by atoms with Crippen LogP contribution in [0, 0.1) is 5.92 Å². The average molecular weight is 323 g/mol. The largest absolute Gasteiger partial charge is 0.340 e. The zero-order chi connectivity index (χ0) is 14.7. The van der Waals surface area contributed by atoms with Crippen molar-refractivity contribution >= 4 is 18.3 Å². The molecule has 0 spiro atoms. The third kappa shape index (κ3) is 4.02. The molecule has 122 valence electrons. The van der Waals surface area contributed by atoms with Crippen LogP contribution in [0.4, 0.5) is 0 Å². The Bertz CT molecular complexity index is 473. The molecular weight excluding hydrogens is 296 g/mol. The van der Waals surface area contributed by atoms with Gasteiger partial charge in [-0.1, -0.05) is 30.3 Å². The number of halogens is 1. The second-order valence-electron chi connectivity index (χ2n) is 6.56. The van der Waals surface area contributed by atoms with Crippen molar-refractivity contribution in [1.29, 1.82) is 0 Å². The van der Waals surface area contributed by atoms with Gasteiger partial charge in [-0.2, -0.15) is 0 Å². The normalized spacial score (nSPS) is 27.7. The van der Waals surface area contributed by atoms with Crippen molar-refractivity contribution in [2.75, 3.05) is 13.1 Å². The molecule has 2 heterocycles. The summed E-state index contributed by atoms with van der Waals surface area (Å²) in [5.41, 5.74) is 1.39. The molecule has 3 atom stereocenters. The van der Waals surface area contributed by atoms with Gasteiger partial charge in [0.15, 0.2) is 0 Å². The van der Waals surface area contributed by atoms with Gasteiger partial charge in [-0.15, -0.1) is 12.4 Å². The van der Waals surface area contributed by atoms with E-state index in [2.05, 4.69) is 47.5 Å². The van der Waals surface area contributed by atoms with Crippen LogP contribution < -0.4 is 5.32 Å². The van der Waals surface area contributed by atoms with Crippen LogP contribution in [0.5, 0.6) is 0 Å². The first kappa shape index (κ1) is 17.3. The quantitative estimate of drug-likeness (QED) is 0.924. The highest BCUT2D eigenvalue weighted by atomic mass is 35.5. The summed E-state index contributed by atoms with van der Waals surface area (Å²) in [5, 5.41) is 3.43. The van der Waals surface area contributed by atoms with E-state index in [0.29, 0.717) is 30.3 Å². The molecule has 2 aliphatic rings. The van der Waals surface area contributed by atoms with E-state index in [1.807, 2.05) is 0 Å². The highest BCUT2D eigenvalue weighted by Crippen LogP contribution is 2.28. The van der Waals surface area contributed by atoms with Gasteiger partial charge in [0, 0.05) is 25.0 Å². The van der Waals surface area contributed by atoms with Crippen molar-refractivity contribution in [1.82, 2.24) is 10.2 Å². The standard InChI is InChI=1S/C18H26N2O.ClH/c1-14-16(12-15-6-3-2-4-7-15)9-11-20(14)18(21)13-17-8-5-10-19-17;/h2-4,6-7,14,16-17,19H,5,8-13H2,1H3;1H. The maximum atomic E-state index is 12.5. The Balaban J connectivity index is 0.00000176. The SMILES string of the molecule is CC1C(Cc2ccccc2)CCN1C(=O)CC1CCCN1.Cl. The lowest BCUT2D eigenvalue weighted by atomic mass is 9.93. The second kappa shape index (κ2) is 7.98. The molecule has 2 saturated heterocycles. The lowest BCUT2D eigenvalue weighted by Crippen LogP contribution is -2.39. The third-order valence-electron chi connectivity index (χ3n) is 5.16. The number of amides is 1. The summed E-state index contributed by atoms with van der Waals surface area (Å²) in [6.45, 7) is 4.23. The van der Waals surface area contributed by atoms with Crippen LogP contribution in [-0.2, 0) is 11.2 Å². The first-order chi connectivity index (χ1) is 10.2. The zero-order valence-electron chi connectivity index (χ0n) is 13.3. The van der Waals surface area contributed by atoms with Crippen LogP contribution in [0.3, 0.4) is 0 Å². The van der Waals surface area contributed by atoms with Gasteiger partial charge in [0.2, 0.25) is 5.91 Å². The number of carbonyl (C=O) groups excluding carboxylic acids is 1. The number of carbonyl (C=O) groups is 1. The molecule has 3 nitrogen and oxygen atoms in total. The molecule has 2 aliphatic heterocycles. The summed E-state index contributed by atoms with van der Waals surface area (Å²) >= 11 is 0. The lowest BCUT2D eigenvalue weighted by Gasteiger charge is -2.26. The van der Waals surface area contributed by atoms with E-state index in [9.17, 15) is 4.79 Å². The lowest BCUT2D eigenvalue weighted by molar-refractivity contribution is -0.132. The molecule has 3 unspecified atom stereocenters. The maximum absolute atomic E-state index is 12.5. The van der Waals surface area contributed by atoms with E-state index in [4.69, 9.17) is 0 Å². The number of hydrogen-bond donors (Lipinski definition) is 1. The molecule has 1 aromatic rings. The summed E-state index contributed by atoms with van der Waals surface area (Å²) in [6, 6.07) is 11.4. The predicted octanol–water partition coefficient (Wildman–Crippen LogP) is 3.03. The van der Waals surface area contributed by atoms with Crippen molar-refractivity contribution < 1.29 is 4.79 Å². The molecule has 1 aromatic carbocycles. The molecular formula is C18H27ClN2O. The Morgan fingerprint density at radius 1 is 1.27 bits per heavy atom. The van der Waals surface area contributed by atoms with Crippen molar-refractivity contribution in [3.05, 3.63) is 35.9 Å². The Labute approximate surface area is 139 Å². The van der Waals surface area contributed by atoms with Gasteiger partial charge in [0.1, 0.15) is 0 Å². The van der Waals surface area contributed by atoms with Gasteiger partial charge in [-0.05, 0) is 50.6 Å². The molecule has 0 bridgehead atoms. The fourth-order valence-electron chi connectivity index (χ4n) is 3.80. The molecule has 22 heavy (non-hydrogen) atoms. The molecule has 3 rings (SSSR count). The molecule has 2 fully saturated rings. The number of likely N-dealkylation sites (tertiary alicyclic amines) is 1. The average Bonchev–Trinajstić information content (AvgIpc) is 3.11. The van der Waals surface area contributed by atoms with E-state index < -0.39 is 0 Å². The summed E-state index contributed by atoms with van der Waals surface area (Å²) in [5.74, 6) is 0.949. The summed E-state index contributed by atoms with van der Waals surface area (Å²) < 4.78 is 0. The van der Waals surface area contributed by atoms with Crippen LogP contribution in [-0.4, -0.2) is 36.0 Å². The monoisotopic (exact) mass is 322 g/mol. The summed E-state index contributed by atoms with van der Waals surface area (Å²) in [4.78, 5) is 14.6. The van der Waals surface area contributed by atoms with Crippen LogP contribution in [0.1, 0.15) is 38.2 Å². The van der Waals surface area contributed by atoms with Gasteiger partial charge in [-0.25, -0.2) is 0 Å². The predicted molar refractivity (Wildman–Crippen MR) is 92.3 cm³/mol. The molecule has 0 aromatic heterocycles. The number of hydrogen-bond acceptors (Lipinski definition) is 2. The highest BCUT2D eigenvalue weighted by molar-refractivity contribution is 5.85. The number of benzene rings is 1. The molecule has 1 N–H and O–H groups in total. The minimum absolute atomic E-state index is 0. The first-order valence-electron chi connectivity index (χ1n) is 8.31. The van der Waals surface area contributed by atoms with Crippen LogP contribution >= 0.6 is 12.4 Å². The molecule has 0 saturated carbocycles. The minimum Gasteiger partial charge on any atom is -0.340 e. The fraction of sp³-hybridized carbons (Fsp3) is 0.611. The zero-order valence-corrected chi connectivity index (χ0v) is 14.1. The van der Waals surface area contributed by atoms with Gasteiger partial charge in [0.25, 0.3) is 0 Å². The third-order valence-corrected chi connectivity index (χ3v) is 5.16. The van der Waals surface area contributed by atoms with E-state index in [0.717, 1.165) is 32.4 Å². The maximum Gasteiger partial charge on any atom is 0.224 e. The summed E-state index contributed by atoms with van der Waals surface area (Å²) in [7, 11) is 0. The van der Waals surface area contributed by atoms with Crippen molar-refractivity contribution in [3.63, 3.8) is 0 Å². The van der Waals surface area contributed by atoms with Crippen molar-refractivity contribution in [2.45, 2.75) is 51.1 Å². The van der Waals surface area contributed by atoms with Crippen molar-refractivity contribution in [3.8, 4) is 0 Å². The molecule has 0 radical (unpaired) electrons. The first-order valence-corrected chi connectivity index (χ1v) is 8.31. The molecule has 4 heteroatoms. The molecule has 0 aliphatic carbocycles. The summed E-state index contributed by atoms with van der Waals surface area (Å²) in [6.07, 6.45) is 5.28. The van der Waals surface area contributed by atoms with Gasteiger partial charge < -0.3 is 10.2 Å². The van der Waals surface area contributed by atoms with Gasteiger partial charge in [-0.3, -0.25) is 4.79 Å². The van der Waals surface area contributed by atoms with Gasteiger partial charge >= 0.3 is 0 Å². The smallest absolute Gasteiger partial charge is 0.224 e. The Morgan fingerprint density at radius 3 is 2.73 bits per heavy atom. The number of nitrogens with one attached hydrogen (secondary N) is 1. The van der Waals surface area contributed by atoms with Gasteiger partial charge in [0.05, 0.1) is 0 Å². The van der Waals surface area contributed by atoms with E-state index in [1.165, 1.54) is 12.0 Å². The van der Waals surface area contributed by atoms with Crippen LogP contribution in [0.15, 0.2) is 30.3 Å².